The summed E-state index contributed by atoms with van der Waals surface area (Å²) in [6, 6.07) is 0. The second-order valence-electron chi connectivity index (χ2n) is 2.79. The van der Waals surface area contributed by atoms with Crippen molar-refractivity contribution in [1.82, 2.24) is 4.90 Å². The Bertz CT molecular complexity index is 134. The molecule has 3 nitrogen and oxygen atoms in total. The molecule has 0 aromatic heterocycles. The number of nitrogens with zero attached hydrogens (tertiary/aromatic N) is 1. The normalized spacial score (nSPS) is 29.1. The predicted octanol–water partition coefficient (Wildman–Crippen LogP) is -0.383. The first kappa shape index (κ1) is 5.23. The van der Waals surface area contributed by atoms with Gasteiger partial charge in [0.05, 0.1) is 19.7 Å². The Morgan fingerprint density at radius 1 is 1.56 bits per heavy atom. The zero-order chi connectivity index (χ0) is 6.32. The van der Waals surface area contributed by atoms with Gasteiger partial charge in [-0.2, -0.15) is 0 Å². The number of hydrogen-bond donors (Lipinski definition) is 0. The van der Waals surface area contributed by atoms with Gasteiger partial charge >= 0.3 is 0 Å². The summed E-state index contributed by atoms with van der Waals surface area (Å²) >= 11 is 0. The van der Waals surface area contributed by atoms with Crippen molar-refractivity contribution in [2.24, 2.45) is 0 Å². The van der Waals surface area contributed by atoms with E-state index in [1.165, 1.54) is 0 Å². The monoisotopic (exact) mass is 127 g/mol. The highest BCUT2D eigenvalue weighted by atomic mass is 16.5. The Labute approximate surface area is 53.6 Å². The summed E-state index contributed by atoms with van der Waals surface area (Å²) < 4.78 is 5.29. The first-order valence-corrected chi connectivity index (χ1v) is 3.18. The molecular formula is C6H9NO2. The van der Waals surface area contributed by atoms with Crippen LogP contribution in [0.25, 0.3) is 0 Å². The van der Waals surface area contributed by atoms with Crippen LogP contribution >= 0.6 is 0 Å². The van der Waals surface area contributed by atoms with Crippen molar-refractivity contribution >= 4 is 6.41 Å². The van der Waals surface area contributed by atoms with Crippen LogP contribution in [0.5, 0.6) is 0 Å². The first-order chi connectivity index (χ1) is 4.35. The third-order valence-electron chi connectivity index (χ3n) is 2.10. The summed E-state index contributed by atoms with van der Waals surface area (Å²) in [5.74, 6) is 0. The number of hydrogen-bond acceptors (Lipinski definition) is 2. The van der Waals surface area contributed by atoms with Gasteiger partial charge in [0.1, 0.15) is 5.60 Å². The molecule has 2 saturated heterocycles. The molecule has 0 unspecified atom stereocenters. The molecule has 0 bridgehead atoms. The number of carbonyl (C=O) groups excluding carboxylic acids is 1. The van der Waals surface area contributed by atoms with E-state index in [1.54, 1.807) is 4.90 Å². The van der Waals surface area contributed by atoms with Gasteiger partial charge in [-0.3, -0.25) is 4.79 Å². The average molecular weight is 127 g/mol. The smallest absolute Gasteiger partial charge is 0.209 e. The van der Waals surface area contributed by atoms with Crippen molar-refractivity contribution < 1.29 is 9.53 Å². The fourth-order valence-corrected chi connectivity index (χ4v) is 1.41. The summed E-state index contributed by atoms with van der Waals surface area (Å²) in [6.45, 7) is 2.51. The molecule has 0 aromatic rings. The lowest BCUT2D eigenvalue weighted by Gasteiger charge is -2.53. The minimum atomic E-state index is 0.112. The lowest BCUT2D eigenvalue weighted by Crippen LogP contribution is -2.67. The maximum atomic E-state index is 10.1. The fourth-order valence-electron chi connectivity index (χ4n) is 1.41. The van der Waals surface area contributed by atoms with E-state index >= 15 is 0 Å². The van der Waals surface area contributed by atoms with Crippen molar-refractivity contribution in [3.05, 3.63) is 0 Å². The van der Waals surface area contributed by atoms with Crippen LogP contribution in [0, 0.1) is 0 Å². The van der Waals surface area contributed by atoms with Gasteiger partial charge in [-0.15, -0.1) is 0 Å². The standard InChI is InChI=1S/C6H9NO2/c8-5-7-3-6(4-7)1-2-9-6/h5H,1-4H2. The molecule has 50 valence electrons. The predicted molar refractivity (Wildman–Crippen MR) is 30.9 cm³/mol. The topological polar surface area (TPSA) is 29.5 Å². The molecule has 0 aliphatic carbocycles. The van der Waals surface area contributed by atoms with Crippen molar-refractivity contribution in [2.75, 3.05) is 19.7 Å². The van der Waals surface area contributed by atoms with E-state index in [9.17, 15) is 4.79 Å². The lowest BCUT2D eigenvalue weighted by molar-refractivity contribution is -0.216. The molecular weight excluding hydrogens is 118 g/mol. The molecule has 2 aliphatic rings. The Hall–Kier alpha value is -0.570. The average Bonchev–Trinajstić information content (AvgIpc) is 1.59. The van der Waals surface area contributed by atoms with E-state index in [2.05, 4.69) is 0 Å². The van der Waals surface area contributed by atoms with Crippen molar-refractivity contribution in [1.29, 1.82) is 0 Å². The van der Waals surface area contributed by atoms with E-state index < -0.39 is 0 Å². The van der Waals surface area contributed by atoms with Gasteiger partial charge in [0.2, 0.25) is 6.41 Å². The molecule has 3 heteroatoms. The number of ether oxygens (including phenoxy) is 1. The summed E-state index contributed by atoms with van der Waals surface area (Å²) in [5, 5.41) is 0. The third-order valence-corrected chi connectivity index (χ3v) is 2.10. The Morgan fingerprint density at radius 2 is 2.22 bits per heavy atom. The molecule has 2 fully saturated rings. The number of carbonyl (C=O) groups is 1. The second-order valence-corrected chi connectivity index (χ2v) is 2.79. The van der Waals surface area contributed by atoms with Gasteiger partial charge in [-0.05, 0) is 0 Å². The van der Waals surface area contributed by atoms with Gasteiger partial charge in [0.15, 0.2) is 0 Å². The summed E-state index contributed by atoms with van der Waals surface area (Å²) in [5.41, 5.74) is 0.112. The molecule has 0 saturated carbocycles. The second kappa shape index (κ2) is 1.48. The van der Waals surface area contributed by atoms with Gasteiger partial charge in [0, 0.05) is 6.42 Å². The van der Waals surface area contributed by atoms with E-state index in [0.29, 0.717) is 0 Å². The molecule has 1 spiro atoms. The quantitative estimate of drug-likeness (QED) is 0.449. The highest BCUT2D eigenvalue weighted by molar-refractivity contribution is 5.50. The molecule has 9 heavy (non-hydrogen) atoms. The number of likely N-dealkylation sites (tertiary alicyclic amines) is 1. The van der Waals surface area contributed by atoms with Crippen LogP contribution < -0.4 is 0 Å². The summed E-state index contributed by atoms with van der Waals surface area (Å²) in [6.07, 6.45) is 2.02. The van der Waals surface area contributed by atoms with Crippen LogP contribution in [0.2, 0.25) is 0 Å². The van der Waals surface area contributed by atoms with E-state index in [-0.39, 0.29) is 5.60 Å². The van der Waals surface area contributed by atoms with E-state index in [4.69, 9.17) is 4.74 Å². The highest BCUT2D eigenvalue weighted by Crippen LogP contribution is 2.34. The molecule has 2 rings (SSSR count). The SMILES string of the molecule is O=CN1CC2(CCO2)C1. The van der Waals surface area contributed by atoms with Crippen LogP contribution in [-0.2, 0) is 9.53 Å². The van der Waals surface area contributed by atoms with Crippen molar-refractivity contribution in [3.8, 4) is 0 Å². The molecule has 0 N–H and O–H groups in total. The Kier molecular flexibility index (Phi) is 0.858. The number of amides is 1. The summed E-state index contributed by atoms with van der Waals surface area (Å²) in [4.78, 5) is 11.8. The third kappa shape index (κ3) is 0.580. The van der Waals surface area contributed by atoms with Crippen molar-refractivity contribution in [3.63, 3.8) is 0 Å². The molecule has 2 aliphatic heterocycles. The van der Waals surface area contributed by atoms with Gasteiger partial charge in [0.25, 0.3) is 0 Å². The minimum absolute atomic E-state index is 0.112. The van der Waals surface area contributed by atoms with Crippen molar-refractivity contribution in [2.45, 2.75) is 12.0 Å². The maximum Gasteiger partial charge on any atom is 0.209 e. The first-order valence-electron chi connectivity index (χ1n) is 3.18. The van der Waals surface area contributed by atoms with Crippen LogP contribution in [0.4, 0.5) is 0 Å². The number of rotatable bonds is 1. The fraction of sp³-hybridized carbons (Fsp3) is 0.833. The van der Waals surface area contributed by atoms with Gasteiger partial charge < -0.3 is 9.64 Å². The van der Waals surface area contributed by atoms with Gasteiger partial charge in [-0.25, -0.2) is 0 Å². The van der Waals surface area contributed by atoms with Gasteiger partial charge in [-0.1, -0.05) is 0 Å². The molecule has 0 radical (unpaired) electrons. The zero-order valence-corrected chi connectivity index (χ0v) is 5.17. The van der Waals surface area contributed by atoms with Crippen LogP contribution in [0.15, 0.2) is 0 Å². The molecule has 0 atom stereocenters. The Morgan fingerprint density at radius 3 is 2.56 bits per heavy atom. The Balaban J connectivity index is 1.88. The maximum absolute atomic E-state index is 10.1. The minimum Gasteiger partial charge on any atom is -0.371 e. The zero-order valence-electron chi connectivity index (χ0n) is 5.17. The highest BCUT2D eigenvalue weighted by Gasteiger charge is 2.48. The van der Waals surface area contributed by atoms with Crippen LogP contribution in [-0.4, -0.2) is 36.6 Å². The molecule has 1 amide bonds. The van der Waals surface area contributed by atoms with Crippen LogP contribution in [0.1, 0.15) is 6.42 Å². The summed E-state index contributed by atoms with van der Waals surface area (Å²) in [7, 11) is 0. The van der Waals surface area contributed by atoms with Crippen LogP contribution in [0.3, 0.4) is 0 Å². The molecule has 2 heterocycles. The van der Waals surface area contributed by atoms with E-state index in [0.717, 1.165) is 32.5 Å². The molecule has 0 aromatic carbocycles. The van der Waals surface area contributed by atoms with E-state index in [1.807, 2.05) is 0 Å². The lowest BCUT2D eigenvalue weighted by atomic mass is 9.87. The largest absolute Gasteiger partial charge is 0.371 e.